The van der Waals surface area contributed by atoms with Crippen LogP contribution in [0.15, 0.2) is 0 Å². The monoisotopic (exact) mass is 124 g/mol. The van der Waals surface area contributed by atoms with E-state index in [-0.39, 0.29) is 0 Å². The Hall–Kier alpha value is -0.770. The van der Waals surface area contributed by atoms with Gasteiger partial charge in [0.1, 0.15) is 0 Å². The van der Waals surface area contributed by atoms with Gasteiger partial charge in [0.2, 0.25) is 6.04 Å². The molecule has 0 fully saturated rings. The van der Waals surface area contributed by atoms with Gasteiger partial charge in [-0.15, -0.1) is 0 Å². The molecule has 1 heteroatoms. The minimum Gasteiger partial charge on any atom is -0.152 e. The molecule has 0 saturated heterocycles. The van der Waals surface area contributed by atoms with E-state index in [9.17, 15) is 0 Å². The van der Waals surface area contributed by atoms with Crippen LogP contribution in [0.4, 0.5) is 0 Å². The lowest BCUT2D eigenvalue weighted by Crippen LogP contribution is -2.14. The molecule has 1 nitrogen and oxygen atoms in total. The Kier molecular flexibility index (Phi) is 3.79. The lowest BCUT2D eigenvalue weighted by molar-refractivity contribution is -0.466. The Morgan fingerprint density at radius 2 is 2.00 bits per heavy atom. The zero-order valence-electron chi connectivity index (χ0n) is 6.60. The van der Waals surface area contributed by atoms with Crippen molar-refractivity contribution in [3.05, 3.63) is 0 Å². The topological polar surface area (TPSA) is 3.01 Å². The molecule has 0 radical (unpaired) electrons. The van der Waals surface area contributed by atoms with Gasteiger partial charge in [-0.3, -0.25) is 0 Å². The van der Waals surface area contributed by atoms with Gasteiger partial charge in [0, 0.05) is 13.8 Å². The van der Waals surface area contributed by atoms with Crippen molar-refractivity contribution in [2.45, 2.75) is 33.7 Å². The summed E-state index contributed by atoms with van der Waals surface area (Å²) < 4.78 is 1.99. The first-order valence-corrected chi connectivity index (χ1v) is 3.22. The number of hydrogen-bond donors (Lipinski definition) is 0. The second kappa shape index (κ2) is 4.14. The number of nitrogens with zero attached hydrogens (tertiary/aromatic N) is 1. The fourth-order valence-corrected chi connectivity index (χ4v) is 0.621. The van der Waals surface area contributed by atoms with Crippen LogP contribution in [-0.2, 0) is 0 Å². The van der Waals surface area contributed by atoms with Gasteiger partial charge in [-0.2, -0.15) is 4.58 Å². The molecule has 0 bridgehead atoms. The molecule has 0 N–H and O–H groups in total. The minimum atomic E-state index is 0.488. The van der Waals surface area contributed by atoms with E-state index < -0.39 is 0 Å². The van der Waals surface area contributed by atoms with Crippen LogP contribution in [0, 0.1) is 12.0 Å². The molecule has 0 aromatic heterocycles. The van der Waals surface area contributed by atoms with E-state index in [4.69, 9.17) is 0 Å². The Bertz CT molecular complexity index is 155. The van der Waals surface area contributed by atoms with E-state index in [0.29, 0.717) is 6.04 Å². The average molecular weight is 124 g/mol. The summed E-state index contributed by atoms with van der Waals surface area (Å²) in [5.41, 5.74) is 0. The highest BCUT2D eigenvalue weighted by atomic mass is 15.0. The molecule has 0 aromatic rings. The fourth-order valence-electron chi connectivity index (χ4n) is 0.621. The van der Waals surface area contributed by atoms with Crippen molar-refractivity contribution in [2.24, 2.45) is 0 Å². The van der Waals surface area contributed by atoms with Gasteiger partial charge in [-0.25, -0.2) is 0 Å². The maximum Gasteiger partial charge on any atom is 0.222 e. The summed E-state index contributed by atoms with van der Waals surface area (Å²) in [5.74, 6) is 2.84. The van der Waals surface area contributed by atoms with Crippen molar-refractivity contribution >= 4 is 6.21 Å². The molecule has 0 aliphatic carbocycles. The molecule has 9 heavy (non-hydrogen) atoms. The maximum absolute atomic E-state index is 2.96. The molecule has 0 amide bonds. The second-order valence-electron chi connectivity index (χ2n) is 2.12. The summed E-state index contributed by atoms with van der Waals surface area (Å²) in [5, 5.41) is 0. The molecule has 0 aromatic carbocycles. The Morgan fingerprint density at radius 3 is 2.11 bits per heavy atom. The van der Waals surface area contributed by atoms with E-state index in [2.05, 4.69) is 25.8 Å². The molecule has 0 atom stereocenters. The van der Waals surface area contributed by atoms with Crippen molar-refractivity contribution in [1.29, 1.82) is 0 Å². The second-order valence-corrected chi connectivity index (χ2v) is 2.12. The molecule has 0 heterocycles. The summed E-state index contributed by atoms with van der Waals surface area (Å²) >= 11 is 0. The van der Waals surface area contributed by atoms with Crippen LogP contribution < -0.4 is 0 Å². The lowest BCUT2D eigenvalue weighted by Gasteiger charge is -1.93. The zero-order valence-corrected chi connectivity index (χ0v) is 6.60. The van der Waals surface area contributed by atoms with Crippen molar-refractivity contribution in [1.82, 2.24) is 0 Å². The first-order valence-electron chi connectivity index (χ1n) is 3.22. The highest BCUT2D eigenvalue weighted by molar-refractivity contribution is 5.47. The number of hydrogen-bond acceptors (Lipinski definition) is 0. The van der Waals surface area contributed by atoms with Crippen molar-refractivity contribution in [3.8, 4) is 12.0 Å². The van der Waals surface area contributed by atoms with Gasteiger partial charge >= 0.3 is 0 Å². The summed E-state index contributed by atoms with van der Waals surface area (Å²) in [7, 11) is 0. The molecule has 0 aliphatic rings. The average Bonchev–Trinajstić information content (AvgIpc) is 1.82. The van der Waals surface area contributed by atoms with Crippen LogP contribution in [-0.4, -0.2) is 16.8 Å². The van der Waals surface area contributed by atoms with Crippen LogP contribution >= 0.6 is 0 Å². The molecule has 0 rings (SSSR count). The molecule has 0 unspecified atom stereocenters. The zero-order chi connectivity index (χ0) is 7.28. The Balaban J connectivity index is 4.13. The quantitative estimate of drug-likeness (QED) is 0.215. The molecular weight excluding hydrogens is 110 g/mol. The number of rotatable bonds is 1. The van der Waals surface area contributed by atoms with E-state index in [1.54, 1.807) is 0 Å². The maximum atomic E-state index is 2.96. The highest BCUT2D eigenvalue weighted by Crippen LogP contribution is 1.83. The van der Waals surface area contributed by atoms with Crippen molar-refractivity contribution in [2.75, 3.05) is 0 Å². The van der Waals surface area contributed by atoms with Crippen LogP contribution in [0.1, 0.15) is 27.7 Å². The fraction of sp³-hybridized carbons (Fsp3) is 0.625. The van der Waals surface area contributed by atoms with Crippen molar-refractivity contribution < 1.29 is 4.58 Å². The van der Waals surface area contributed by atoms with E-state index in [1.165, 1.54) is 0 Å². The molecule has 0 saturated carbocycles. The highest BCUT2D eigenvalue weighted by Gasteiger charge is 2.02. The standard InChI is InChI=1S/C8H14N/c1-5-7-9(6-2)8(3)4/h6,8H,1-4H3/q+1. The summed E-state index contributed by atoms with van der Waals surface area (Å²) in [6, 6.07) is 3.45. The molecule has 0 spiro atoms. The lowest BCUT2D eigenvalue weighted by atomic mass is 10.4. The SMILES string of the molecule is CC#C[N+](=CC)C(C)C. The third kappa shape index (κ3) is 2.92. The third-order valence-corrected chi connectivity index (χ3v) is 1.08. The van der Waals surface area contributed by atoms with Gasteiger partial charge in [-0.1, -0.05) is 0 Å². The Labute approximate surface area is 57.4 Å². The Morgan fingerprint density at radius 1 is 1.44 bits per heavy atom. The van der Waals surface area contributed by atoms with Crippen LogP contribution in [0.2, 0.25) is 0 Å². The van der Waals surface area contributed by atoms with Crippen LogP contribution in [0.3, 0.4) is 0 Å². The van der Waals surface area contributed by atoms with Gasteiger partial charge in [-0.05, 0) is 19.8 Å². The molecular formula is C8H14N+. The molecule has 50 valence electrons. The van der Waals surface area contributed by atoms with E-state index in [0.717, 1.165) is 0 Å². The predicted octanol–water partition coefficient (Wildman–Crippen LogP) is 1.48. The van der Waals surface area contributed by atoms with Gasteiger partial charge in [0.15, 0.2) is 12.3 Å². The normalized spacial score (nSPS) is 11.0. The smallest absolute Gasteiger partial charge is 0.152 e. The van der Waals surface area contributed by atoms with Crippen LogP contribution in [0.5, 0.6) is 0 Å². The summed E-state index contributed by atoms with van der Waals surface area (Å²) in [6.45, 7) is 8.07. The summed E-state index contributed by atoms with van der Waals surface area (Å²) in [6.07, 6.45) is 1.99. The van der Waals surface area contributed by atoms with Crippen molar-refractivity contribution in [3.63, 3.8) is 0 Å². The first-order chi connectivity index (χ1) is 4.22. The third-order valence-electron chi connectivity index (χ3n) is 1.08. The van der Waals surface area contributed by atoms with Gasteiger partial charge in [0.25, 0.3) is 0 Å². The minimum absolute atomic E-state index is 0.488. The molecule has 0 aliphatic heterocycles. The van der Waals surface area contributed by atoms with Crippen LogP contribution in [0.25, 0.3) is 0 Å². The van der Waals surface area contributed by atoms with E-state index in [1.807, 2.05) is 24.6 Å². The van der Waals surface area contributed by atoms with Gasteiger partial charge < -0.3 is 0 Å². The summed E-state index contributed by atoms with van der Waals surface area (Å²) in [4.78, 5) is 0. The van der Waals surface area contributed by atoms with Gasteiger partial charge in [0.05, 0.1) is 0 Å². The predicted molar refractivity (Wildman–Crippen MR) is 40.6 cm³/mol. The van der Waals surface area contributed by atoms with E-state index >= 15 is 0 Å². The first kappa shape index (κ1) is 8.23. The largest absolute Gasteiger partial charge is 0.222 e.